The molecule has 28 heavy (non-hydrogen) atoms. The maximum Gasteiger partial charge on any atom is 0.281 e. The minimum atomic E-state index is -3.58. The fourth-order valence-electron chi connectivity index (χ4n) is 4.58. The lowest BCUT2D eigenvalue weighted by atomic mass is 9.75. The molecule has 2 atom stereocenters. The predicted molar refractivity (Wildman–Crippen MR) is 106 cm³/mol. The molecule has 1 aliphatic carbocycles. The van der Waals surface area contributed by atoms with Crippen molar-refractivity contribution in [3.8, 4) is 0 Å². The van der Waals surface area contributed by atoms with Crippen molar-refractivity contribution in [2.45, 2.75) is 45.1 Å². The molecule has 0 aromatic carbocycles. The van der Waals surface area contributed by atoms with Gasteiger partial charge in [0.15, 0.2) is 0 Å². The maximum absolute atomic E-state index is 13.5. The molecule has 0 N–H and O–H groups in total. The lowest BCUT2D eigenvalue weighted by molar-refractivity contribution is -0.136. The molecule has 3 fully saturated rings. The van der Waals surface area contributed by atoms with E-state index in [2.05, 4.69) is 18.8 Å². The summed E-state index contributed by atoms with van der Waals surface area (Å²) in [6, 6.07) is 0.269. The van der Waals surface area contributed by atoms with Crippen LogP contribution in [-0.4, -0.2) is 77.7 Å². The maximum atomic E-state index is 13.5. The molecular weight excluding hydrogens is 378 g/mol. The SMILES string of the molecule is CC(C)n1cnc([C@H]2CN(S(=O)(=O)N(C)C)C[C@]23CCN(CC2CC2)C3=O)c1. The first kappa shape index (κ1) is 19.8. The Morgan fingerprint density at radius 3 is 2.61 bits per heavy atom. The molecule has 2 aliphatic heterocycles. The summed E-state index contributed by atoms with van der Waals surface area (Å²) in [5.41, 5.74) is 0.125. The second-order valence-electron chi connectivity index (χ2n) is 9.08. The normalized spacial score (nSPS) is 29.1. The smallest absolute Gasteiger partial charge is 0.281 e. The third-order valence-corrected chi connectivity index (χ3v) is 8.44. The molecular formula is C19H31N5O3S. The van der Waals surface area contributed by atoms with Gasteiger partial charge in [0.1, 0.15) is 0 Å². The van der Waals surface area contributed by atoms with E-state index in [1.165, 1.54) is 21.5 Å². The molecule has 0 unspecified atom stereocenters. The van der Waals surface area contributed by atoms with Crippen molar-refractivity contribution in [1.29, 1.82) is 0 Å². The van der Waals surface area contributed by atoms with Crippen LogP contribution in [0.1, 0.15) is 50.8 Å². The number of likely N-dealkylation sites (tertiary alicyclic amines) is 1. The molecule has 156 valence electrons. The molecule has 1 saturated carbocycles. The number of carbonyl (C=O) groups excluding carboxylic acids is 1. The van der Waals surface area contributed by atoms with Crippen LogP contribution in [0.25, 0.3) is 0 Å². The monoisotopic (exact) mass is 409 g/mol. The zero-order valence-electron chi connectivity index (χ0n) is 17.2. The average molecular weight is 410 g/mol. The summed E-state index contributed by atoms with van der Waals surface area (Å²) >= 11 is 0. The summed E-state index contributed by atoms with van der Waals surface area (Å²) in [7, 11) is -0.500. The Hall–Kier alpha value is -1.45. The van der Waals surface area contributed by atoms with Gasteiger partial charge in [0, 0.05) is 58.4 Å². The summed E-state index contributed by atoms with van der Waals surface area (Å²) in [5.74, 6) is 0.527. The Balaban J connectivity index is 1.69. The lowest BCUT2D eigenvalue weighted by Gasteiger charge is -2.28. The second-order valence-corrected chi connectivity index (χ2v) is 11.2. The summed E-state index contributed by atoms with van der Waals surface area (Å²) in [6.07, 6.45) is 6.86. The van der Waals surface area contributed by atoms with Crippen LogP contribution in [0.4, 0.5) is 0 Å². The van der Waals surface area contributed by atoms with Crippen molar-refractivity contribution in [3.63, 3.8) is 0 Å². The van der Waals surface area contributed by atoms with Gasteiger partial charge in [-0.05, 0) is 39.0 Å². The van der Waals surface area contributed by atoms with Crippen molar-refractivity contribution in [3.05, 3.63) is 18.2 Å². The van der Waals surface area contributed by atoms with Crippen molar-refractivity contribution < 1.29 is 13.2 Å². The molecule has 0 bridgehead atoms. The topological polar surface area (TPSA) is 78.8 Å². The van der Waals surface area contributed by atoms with Gasteiger partial charge in [-0.1, -0.05) is 0 Å². The summed E-state index contributed by atoms with van der Waals surface area (Å²) < 4.78 is 30.4. The number of aromatic nitrogens is 2. The fraction of sp³-hybridized carbons (Fsp3) is 0.789. The molecule has 1 aromatic rings. The third kappa shape index (κ3) is 3.17. The van der Waals surface area contributed by atoms with Crippen LogP contribution >= 0.6 is 0 Å². The number of carbonyl (C=O) groups is 1. The Morgan fingerprint density at radius 1 is 1.32 bits per heavy atom. The highest BCUT2D eigenvalue weighted by Crippen LogP contribution is 2.51. The van der Waals surface area contributed by atoms with Crippen LogP contribution < -0.4 is 0 Å². The number of hydrogen-bond donors (Lipinski definition) is 0. The van der Waals surface area contributed by atoms with Crippen molar-refractivity contribution in [2.75, 3.05) is 40.3 Å². The van der Waals surface area contributed by atoms with Gasteiger partial charge in [0.25, 0.3) is 10.2 Å². The minimum absolute atomic E-state index is 0.111. The van der Waals surface area contributed by atoms with Gasteiger partial charge in [-0.3, -0.25) is 4.79 Å². The summed E-state index contributed by atoms with van der Waals surface area (Å²) in [4.78, 5) is 20.1. The standard InChI is InChI=1S/C19H31N5O3S/c1-14(2)23-11-17(20-13-23)16-10-24(28(26,27)21(3)4)12-19(16)7-8-22(18(19)25)9-15-5-6-15/h11,13-16H,5-10,12H2,1-4H3/t16-,19-/m1/s1. The largest absolute Gasteiger partial charge is 0.342 e. The van der Waals surface area contributed by atoms with Gasteiger partial charge in [-0.15, -0.1) is 0 Å². The molecule has 0 radical (unpaired) electrons. The number of hydrogen-bond acceptors (Lipinski definition) is 4. The van der Waals surface area contributed by atoms with E-state index in [4.69, 9.17) is 0 Å². The molecule has 3 aliphatic rings. The van der Waals surface area contributed by atoms with Crippen LogP contribution in [0, 0.1) is 11.3 Å². The van der Waals surface area contributed by atoms with Crippen LogP contribution in [0.15, 0.2) is 12.5 Å². The van der Waals surface area contributed by atoms with Gasteiger partial charge in [0.2, 0.25) is 5.91 Å². The van der Waals surface area contributed by atoms with Crippen molar-refractivity contribution in [1.82, 2.24) is 23.1 Å². The van der Waals surface area contributed by atoms with Crippen LogP contribution in [0.3, 0.4) is 0 Å². The van der Waals surface area contributed by atoms with Gasteiger partial charge in [-0.25, -0.2) is 4.98 Å². The number of nitrogens with zero attached hydrogens (tertiary/aromatic N) is 5. The summed E-state index contributed by atoms with van der Waals surface area (Å²) in [6.45, 7) is 6.24. The zero-order valence-corrected chi connectivity index (χ0v) is 18.0. The van der Waals surface area contributed by atoms with Gasteiger partial charge < -0.3 is 9.47 Å². The minimum Gasteiger partial charge on any atom is -0.342 e. The van der Waals surface area contributed by atoms with E-state index in [0.717, 1.165) is 12.2 Å². The number of amides is 1. The van der Waals surface area contributed by atoms with Crippen LogP contribution in [0.2, 0.25) is 0 Å². The molecule has 2 saturated heterocycles. The first-order valence-corrected chi connectivity index (χ1v) is 11.5. The quantitative estimate of drug-likeness (QED) is 0.709. The fourth-order valence-corrected chi connectivity index (χ4v) is 5.77. The Morgan fingerprint density at radius 2 is 2.04 bits per heavy atom. The molecule has 1 amide bonds. The van der Waals surface area contributed by atoms with Crippen molar-refractivity contribution >= 4 is 16.1 Å². The van der Waals surface area contributed by atoms with E-state index in [1.54, 1.807) is 20.4 Å². The molecule has 1 aromatic heterocycles. The highest BCUT2D eigenvalue weighted by atomic mass is 32.2. The molecule has 3 heterocycles. The van der Waals surface area contributed by atoms with E-state index < -0.39 is 15.6 Å². The second kappa shape index (κ2) is 6.81. The lowest BCUT2D eigenvalue weighted by Crippen LogP contribution is -2.43. The Kier molecular flexibility index (Phi) is 4.83. The van der Waals surface area contributed by atoms with Crippen LogP contribution in [-0.2, 0) is 15.0 Å². The first-order chi connectivity index (χ1) is 13.1. The number of rotatable bonds is 6. The average Bonchev–Trinajstić information content (AvgIpc) is 3.05. The van der Waals surface area contributed by atoms with E-state index in [0.29, 0.717) is 25.4 Å². The van der Waals surface area contributed by atoms with Gasteiger partial charge >= 0.3 is 0 Å². The summed E-state index contributed by atoms with van der Waals surface area (Å²) in [5, 5.41) is 0. The third-order valence-electron chi connectivity index (χ3n) is 6.59. The van der Waals surface area contributed by atoms with Crippen LogP contribution in [0.5, 0.6) is 0 Å². The van der Waals surface area contributed by atoms with Gasteiger partial charge in [-0.2, -0.15) is 17.0 Å². The predicted octanol–water partition coefficient (Wildman–Crippen LogP) is 1.30. The number of imidazole rings is 1. The molecule has 1 spiro atoms. The van der Waals surface area contributed by atoms with E-state index in [9.17, 15) is 13.2 Å². The highest BCUT2D eigenvalue weighted by molar-refractivity contribution is 7.86. The molecule has 4 rings (SSSR count). The van der Waals surface area contributed by atoms with Crippen molar-refractivity contribution in [2.24, 2.45) is 11.3 Å². The van der Waals surface area contributed by atoms with Gasteiger partial charge in [0.05, 0.1) is 17.4 Å². The first-order valence-electron chi connectivity index (χ1n) is 10.2. The Bertz CT molecular complexity index is 861. The van der Waals surface area contributed by atoms with E-state index >= 15 is 0 Å². The Labute approximate surface area is 167 Å². The molecule has 8 nitrogen and oxygen atoms in total. The van der Waals surface area contributed by atoms with E-state index in [-0.39, 0.29) is 24.4 Å². The van der Waals surface area contributed by atoms with E-state index in [1.807, 2.05) is 15.7 Å². The molecule has 9 heteroatoms. The highest BCUT2D eigenvalue weighted by Gasteiger charge is 2.60. The zero-order chi connectivity index (χ0) is 20.3.